The third-order valence-corrected chi connectivity index (χ3v) is 5.05. The lowest BCUT2D eigenvalue weighted by atomic mass is 10.1. The number of carbonyl (C=O) groups is 2. The van der Waals surface area contributed by atoms with Crippen LogP contribution in [0.5, 0.6) is 0 Å². The van der Waals surface area contributed by atoms with Crippen LogP contribution in [0.4, 0.5) is 5.69 Å². The average molecular weight is 376 g/mol. The number of aromatic nitrogens is 2. The average Bonchev–Trinajstić information content (AvgIpc) is 3.10. The molecule has 1 aromatic heterocycles. The maximum absolute atomic E-state index is 12.6. The normalized spacial score (nSPS) is 16.5. The summed E-state index contributed by atoms with van der Waals surface area (Å²) in [4.78, 5) is 38.5. The number of aryl methyl sites for hydroxylation is 1. The van der Waals surface area contributed by atoms with Gasteiger partial charge in [0.25, 0.3) is 5.56 Å². The van der Waals surface area contributed by atoms with Crippen LogP contribution in [0.1, 0.15) is 17.7 Å². The number of amides is 2. The number of rotatable bonds is 4. The molecule has 2 heterocycles. The zero-order valence-electron chi connectivity index (χ0n) is 15.4. The van der Waals surface area contributed by atoms with Gasteiger partial charge >= 0.3 is 0 Å². The highest BCUT2D eigenvalue weighted by molar-refractivity contribution is 6.00. The second-order valence-electron chi connectivity index (χ2n) is 7.00. The molecule has 2 aromatic carbocycles. The number of H-pyrrole nitrogens is 1. The van der Waals surface area contributed by atoms with E-state index in [9.17, 15) is 14.4 Å². The molecular formula is C21H20N4O3. The second-order valence-corrected chi connectivity index (χ2v) is 7.00. The predicted octanol–water partition coefficient (Wildman–Crippen LogP) is 1.90. The Morgan fingerprint density at radius 3 is 2.61 bits per heavy atom. The van der Waals surface area contributed by atoms with Gasteiger partial charge in [0.1, 0.15) is 0 Å². The maximum Gasteiger partial charge on any atom is 0.272 e. The van der Waals surface area contributed by atoms with E-state index < -0.39 is 5.92 Å². The molecule has 7 nitrogen and oxygen atoms in total. The number of hydrogen-bond acceptors (Lipinski definition) is 4. The molecule has 1 fully saturated rings. The van der Waals surface area contributed by atoms with Crippen molar-refractivity contribution < 1.29 is 9.59 Å². The Labute approximate surface area is 161 Å². The number of hydrogen-bond donors (Lipinski definition) is 2. The number of benzene rings is 2. The van der Waals surface area contributed by atoms with Crippen molar-refractivity contribution in [3.05, 3.63) is 70.1 Å². The molecule has 142 valence electrons. The third kappa shape index (κ3) is 3.38. The number of carbonyl (C=O) groups excluding carboxylic acids is 2. The van der Waals surface area contributed by atoms with Gasteiger partial charge in [0.15, 0.2) is 0 Å². The lowest BCUT2D eigenvalue weighted by Crippen LogP contribution is -2.33. The summed E-state index contributed by atoms with van der Waals surface area (Å²) in [5.74, 6) is -0.667. The molecule has 28 heavy (non-hydrogen) atoms. The van der Waals surface area contributed by atoms with Crippen LogP contribution in [-0.2, 0) is 16.1 Å². The van der Waals surface area contributed by atoms with Crippen molar-refractivity contribution in [3.63, 3.8) is 0 Å². The Kier molecular flexibility index (Phi) is 4.65. The van der Waals surface area contributed by atoms with Crippen LogP contribution in [0.15, 0.2) is 53.3 Å². The molecule has 3 aromatic rings. The Hall–Kier alpha value is -3.48. The van der Waals surface area contributed by atoms with E-state index in [1.54, 1.807) is 23.1 Å². The van der Waals surface area contributed by atoms with Gasteiger partial charge in [-0.25, -0.2) is 5.10 Å². The van der Waals surface area contributed by atoms with Gasteiger partial charge in [-0.05, 0) is 25.1 Å². The highest BCUT2D eigenvalue weighted by Gasteiger charge is 2.35. The fraction of sp³-hybridized carbons (Fsp3) is 0.238. The van der Waals surface area contributed by atoms with Crippen molar-refractivity contribution >= 4 is 28.3 Å². The number of fused-ring (bicyclic) bond motifs is 1. The van der Waals surface area contributed by atoms with Crippen LogP contribution in [0.3, 0.4) is 0 Å². The summed E-state index contributed by atoms with van der Waals surface area (Å²) < 4.78 is 0. The van der Waals surface area contributed by atoms with E-state index in [-0.39, 0.29) is 30.3 Å². The van der Waals surface area contributed by atoms with E-state index in [0.717, 1.165) is 11.3 Å². The summed E-state index contributed by atoms with van der Waals surface area (Å²) in [6.07, 6.45) is 0.180. The minimum Gasteiger partial charge on any atom is -0.350 e. The van der Waals surface area contributed by atoms with Crippen LogP contribution < -0.4 is 15.8 Å². The number of nitrogens with one attached hydrogen (secondary N) is 2. The van der Waals surface area contributed by atoms with Crippen LogP contribution in [-0.4, -0.2) is 28.6 Å². The van der Waals surface area contributed by atoms with Crippen LogP contribution in [0.25, 0.3) is 10.8 Å². The van der Waals surface area contributed by atoms with E-state index in [1.165, 1.54) is 0 Å². The molecular weight excluding hydrogens is 356 g/mol. The zero-order valence-corrected chi connectivity index (χ0v) is 15.4. The molecule has 7 heteroatoms. The lowest BCUT2D eigenvalue weighted by Gasteiger charge is -2.17. The molecule has 1 aliphatic heterocycles. The molecule has 0 saturated carbocycles. The summed E-state index contributed by atoms with van der Waals surface area (Å²) in [7, 11) is 0. The van der Waals surface area contributed by atoms with E-state index in [0.29, 0.717) is 23.0 Å². The van der Waals surface area contributed by atoms with Crippen molar-refractivity contribution in [1.82, 2.24) is 15.5 Å². The summed E-state index contributed by atoms with van der Waals surface area (Å²) in [5, 5.41) is 10.6. The molecule has 4 rings (SSSR count). The van der Waals surface area contributed by atoms with Crippen molar-refractivity contribution in [2.75, 3.05) is 11.4 Å². The monoisotopic (exact) mass is 376 g/mol. The summed E-state index contributed by atoms with van der Waals surface area (Å²) in [6.45, 7) is 2.53. The largest absolute Gasteiger partial charge is 0.350 e. The van der Waals surface area contributed by atoms with Gasteiger partial charge in [0.05, 0.1) is 23.5 Å². The molecule has 0 aliphatic carbocycles. The van der Waals surface area contributed by atoms with Gasteiger partial charge in [0.2, 0.25) is 11.8 Å². The van der Waals surface area contributed by atoms with Gasteiger partial charge in [-0.15, -0.1) is 0 Å². The van der Waals surface area contributed by atoms with Crippen LogP contribution in [0.2, 0.25) is 0 Å². The highest BCUT2D eigenvalue weighted by atomic mass is 16.2. The zero-order chi connectivity index (χ0) is 19.7. The maximum atomic E-state index is 12.6. The molecule has 0 spiro atoms. The summed E-state index contributed by atoms with van der Waals surface area (Å²) in [5.41, 5.74) is 2.24. The lowest BCUT2D eigenvalue weighted by molar-refractivity contribution is -0.126. The molecule has 2 amide bonds. The van der Waals surface area contributed by atoms with Crippen LogP contribution in [0, 0.1) is 12.8 Å². The molecule has 1 atom stereocenters. The Bertz CT molecular complexity index is 1100. The first kappa shape index (κ1) is 17.9. The molecule has 1 aliphatic rings. The fourth-order valence-corrected chi connectivity index (χ4v) is 3.48. The highest BCUT2D eigenvalue weighted by Crippen LogP contribution is 2.25. The van der Waals surface area contributed by atoms with Crippen molar-refractivity contribution in [2.45, 2.75) is 19.9 Å². The molecule has 0 radical (unpaired) electrons. The minimum absolute atomic E-state index is 0.0587. The minimum atomic E-state index is -0.414. The van der Waals surface area contributed by atoms with E-state index in [4.69, 9.17) is 0 Å². The Balaban J connectivity index is 1.45. The molecule has 0 unspecified atom stereocenters. The quantitative estimate of drug-likeness (QED) is 0.727. The van der Waals surface area contributed by atoms with E-state index in [2.05, 4.69) is 15.5 Å². The van der Waals surface area contributed by atoms with Crippen molar-refractivity contribution in [1.29, 1.82) is 0 Å². The SMILES string of the molecule is Cc1ccc(N2C[C@H](C(=O)NCc3n[nH]c(=O)c4ccccc34)CC2=O)cc1. The first-order valence-corrected chi connectivity index (χ1v) is 9.14. The first-order valence-electron chi connectivity index (χ1n) is 9.14. The van der Waals surface area contributed by atoms with Crippen molar-refractivity contribution in [2.24, 2.45) is 5.92 Å². The molecule has 0 bridgehead atoms. The smallest absolute Gasteiger partial charge is 0.272 e. The molecule has 2 N–H and O–H groups in total. The van der Waals surface area contributed by atoms with Crippen molar-refractivity contribution in [3.8, 4) is 0 Å². The van der Waals surface area contributed by atoms with Gasteiger partial charge in [0, 0.05) is 24.0 Å². The van der Waals surface area contributed by atoms with Gasteiger partial charge in [-0.3, -0.25) is 14.4 Å². The van der Waals surface area contributed by atoms with Gasteiger partial charge in [-0.1, -0.05) is 35.9 Å². The number of anilines is 1. The first-order chi connectivity index (χ1) is 13.5. The summed E-state index contributed by atoms with van der Waals surface area (Å²) >= 11 is 0. The predicted molar refractivity (Wildman–Crippen MR) is 106 cm³/mol. The third-order valence-electron chi connectivity index (χ3n) is 5.05. The van der Waals surface area contributed by atoms with Crippen LogP contribution >= 0.6 is 0 Å². The van der Waals surface area contributed by atoms with E-state index >= 15 is 0 Å². The standard InChI is InChI=1S/C21H20N4O3/c1-13-6-8-15(9-7-13)25-12-14(10-19(25)26)20(27)22-11-18-16-4-2-3-5-17(16)21(28)24-23-18/h2-9,14H,10-12H2,1H3,(H,22,27)(H,24,28)/t14-/m1/s1. The number of aromatic amines is 1. The number of nitrogens with zero attached hydrogens (tertiary/aromatic N) is 2. The topological polar surface area (TPSA) is 95.2 Å². The molecule has 1 saturated heterocycles. The second kappa shape index (κ2) is 7.26. The van der Waals surface area contributed by atoms with Gasteiger partial charge < -0.3 is 10.2 Å². The van der Waals surface area contributed by atoms with Gasteiger partial charge in [-0.2, -0.15) is 5.10 Å². The Morgan fingerprint density at radius 2 is 1.86 bits per heavy atom. The van der Waals surface area contributed by atoms with E-state index in [1.807, 2.05) is 37.3 Å². The fourth-order valence-electron chi connectivity index (χ4n) is 3.48. The summed E-state index contributed by atoms with van der Waals surface area (Å²) in [6, 6.07) is 14.8. The Morgan fingerprint density at radius 1 is 1.14 bits per heavy atom.